The minimum atomic E-state index is -0.957. The van der Waals surface area contributed by atoms with Crippen molar-refractivity contribution in [2.24, 2.45) is 0 Å². The first kappa shape index (κ1) is 27.0. The average molecular weight is 577 g/mol. The zero-order valence-electron chi connectivity index (χ0n) is 22.7. The third-order valence-electron chi connectivity index (χ3n) is 7.71. The molecule has 2 aliphatic heterocycles. The SMILES string of the molecule is CC1(C)c2ccccc2N(c2ccccc2)c2ccc(-c3ccc(/C=C4\SC(=S)N(CCC(=O)O)C4=O)cc3)cc21. The van der Waals surface area contributed by atoms with E-state index in [2.05, 4.69) is 97.6 Å². The minimum absolute atomic E-state index is 0.0805. The number of carbonyl (C=O) groups is 2. The lowest BCUT2D eigenvalue weighted by Crippen LogP contribution is -2.30. The Morgan fingerprint density at radius 3 is 2.27 bits per heavy atom. The number of carbonyl (C=O) groups excluding carboxylic acids is 1. The van der Waals surface area contributed by atoms with Crippen molar-refractivity contribution in [3.05, 3.63) is 119 Å². The fraction of sp³-hybridized carbons (Fsp3) is 0.147. The normalized spacial score (nSPS) is 16.6. The topological polar surface area (TPSA) is 60.9 Å². The summed E-state index contributed by atoms with van der Waals surface area (Å²) in [7, 11) is 0. The second-order valence-electron chi connectivity index (χ2n) is 10.6. The van der Waals surface area contributed by atoms with E-state index in [0.717, 1.165) is 22.4 Å². The molecule has 0 atom stereocenters. The number of carboxylic acids is 1. The lowest BCUT2D eigenvalue weighted by atomic mass is 9.73. The summed E-state index contributed by atoms with van der Waals surface area (Å²) in [5.41, 5.74) is 8.93. The van der Waals surface area contributed by atoms with Crippen molar-refractivity contribution < 1.29 is 14.7 Å². The molecule has 2 aliphatic rings. The number of para-hydroxylation sites is 2. The van der Waals surface area contributed by atoms with E-state index in [0.29, 0.717) is 9.23 Å². The highest BCUT2D eigenvalue weighted by Gasteiger charge is 2.37. The second kappa shape index (κ2) is 10.7. The van der Waals surface area contributed by atoms with Gasteiger partial charge >= 0.3 is 5.97 Å². The molecule has 1 saturated heterocycles. The number of anilines is 3. The molecule has 6 rings (SSSR count). The molecule has 0 aliphatic carbocycles. The molecule has 0 bridgehead atoms. The Bertz CT molecular complexity index is 1710. The van der Waals surface area contributed by atoms with E-state index in [1.165, 1.54) is 39.2 Å². The first-order chi connectivity index (χ1) is 19.7. The van der Waals surface area contributed by atoms with Gasteiger partial charge in [0.15, 0.2) is 0 Å². The fourth-order valence-electron chi connectivity index (χ4n) is 5.56. The Morgan fingerprint density at radius 1 is 0.878 bits per heavy atom. The molecule has 4 aromatic carbocycles. The van der Waals surface area contributed by atoms with Crippen LogP contribution in [0, 0.1) is 0 Å². The summed E-state index contributed by atoms with van der Waals surface area (Å²) in [6.45, 7) is 4.65. The molecule has 204 valence electrons. The summed E-state index contributed by atoms with van der Waals surface area (Å²) < 4.78 is 0.391. The molecule has 0 spiro atoms. The van der Waals surface area contributed by atoms with E-state index in [4.69, 9.17) is 17.3 Å². The number of hydrogen-bond acceptors (Lipinski definition) is 5. The van der Waals surface area contributed by atoms with Crippen molar-refractivity contribution in [3.63, 3.8) is 0 Å². The summed E-state index contributed by atoms with van der Waals surface area (Å²) in [6.07, 6.45) is 1.68. The molecular weight excluding hydrogens is 549 g/mol. The molecule has 4 aromatic rings. The summed E-state index contributed by atoms with van der Waals surface area (Å²) in [5, 5.41) is 8.97. The van der Waals surface area contributed by atoms with Crippen molar-refractivity contribution in [2.75, 3.05) is 11.4 Å². The highest BCUT2D eigenvalue weighted by atomic mass is 32.2. The number of thiocarbonyl (C=S) groups is 1. The van der Waals surface area contributed by atoms with Gasteiger partial charge in [-0.3, -0.25) is 14.5 Å². The number of thioether (sulfide) groups is 1. The maximum absolute atomic E-state index is 12.8. The van der Waals surface area contributed by atoms with E-state index in [9.17, 15) is 9.59 Å². The molecule has 0 saturated carbocycles. The molecule has 0 radical (unpaired) electrons. The van der Waals surface area contributed by atoms with Crippen LogP contribution in [0.4, 0.5) is 17.1 Å². The number of aliphatic carboxylic acids is 1. The summed E-state index contributed by atoms with van der Waals surface area (Å²) in [4.78, 5) is 27.9. The van der Waals surface area contributed by atoms with Crippen molar-refractivity contribution >= 4 is 63.3 Å². The van der Waals surface area contributed by atoms with Crippen LogP contribution in [0.15, 0.2) is 102 Å². The van der Waals surface area contributed by atoms with E-state index in [1.807, 2.05) is 24.3 Å². The van der Waals surface area contributed by atoms with Crippen molar-refractivity contribution in [3.8, 4) is 11.1 Å². The largest absolute Gasteiger partial charge is 0.481 e. The molecule has 0 unspecified atom stereocenters. The van der Waals surface area contributed by atoms with E-state index >= 15 is 0 Å². The second-order valence-corrected chi connectivity index (χ2v) is 12.3. The molecule has 5 nitrogen and oxygen atoms in total. The molecule has 0 aromatic heterocycles. The number of benzene rings is 4. The number of carboxylic acid groups (broad SMARTS) is 1. The van der Waals surface area contributed by atoms with Crippen LogP contribution in [-0.4, -0.2) is 32.7 Å². The zero-order chi connectivity index (χ0) is 28.7. The van der Waals surface area contributed by atoms with Crippen LogP contribution < -0.4 is 4.90 Å². The average Bonchev–Trinajstić information content (AvgIpc) is 3.24. The zero-order valence-corrected chi connectivity index (χ0v) is 24.3. The van der Waals surface area contributed by atoms with Crippen LogP contribution in [0.1, 0.15) is 37.0 Å². The van der Waals surface area contributed by atoms with Gasteiger partial charge in [-0.05, 0) is 64.2 Å². The van der Waals surface area contributed by atoms with Gasteiger partial charge in [-0.2, -0.15) is 0 Å². The maximum Gasteiger partial charge on any atom is 0.305 e. The maximum atomic E-state index is 12.8. The highest BCUT2D eigenvalue weighted by molar-refractivity contribution is 8.26. The Kier molecular flexibility index (Phi) is 7.01. The Labute approximate surface area is 249 Å². The molecule has 1 fully saturated rings. The Hall–Kier alpha value is -4.20. The number of rotatable bonds is 6. The summed E-state index contributed by atoms with van der Waals surface area (Å²) in [5.74, 6) is -1.20. The molecule has 1 N–H and O–H groups in total. The summed E-state index contributed by atoms with van der Waals surface area (Å²) in [6, 6.07) is 33.9. The van der Waals surface area contributed by atoms with Gasteiger partial charge in [0.2, 0.25) is 0 Å². The lowest BCUT2D eigenvalue weighted by Gasteiger charge is -2.42. The molecule has 7 heteroatoms. The fourth-order valence-corrected chi connectivity index (χ4v) is 6.87. The monoisotopic (exact) mass is 576 g/mol. The van der Waals surface area contributed by atoms with Gasteiger partial charge in [-0.15, -0.1) is 0 Å². The van der Waals surface area contributed by atoms with E-state index in [-0.39, 0.29) is 24.3 Å². The van der Waals surface area contributed by atoms with Gasteiger partial charge in [-0.1, -0.05) is 105 Å². The Balaban J connectivity index is 1.32. The van der Waals surface area contributed by atoms with Crippen LogP contribution in [-0.2, 0) is 15.0 Å². The number of amides is 1. The van der Waals surface area contributed by atoms with Gasteiger partial charge < -0.3 is 10.0 Å². The number of nitrogens with zero attached hydrogens (tertiary/aromatic N) is 2. The smallest absolute Gasteiger partial charge is 0.305 e. The van der Waals surface area contributed by atoms with Crippen LogP contribution in [0.25, 0.3) is 17.2 Å². The standard InChI is InChI=1S/C34H28N2O3S2/c1-34(2)26-10-6-7-11-28(26)36(25-8-4-3-5-9-25)29-17-16-24(21-27(29)34)23-14-12-22(13-15-23)20-30-32(39)35(33(40)41-30)19-18-31(37)38/h3-17,20-21H,18-19H2,1-2H3,(H,37,38)/b30-20-. The molecule has 2 heterocycles. The first-order valence-corrected chi connectivity index (χ1v) is 14.6. The van der Waals surface area contributed by atoms with Crippen LogP contribution in [0.2, 0.25) is 0 Å². The third kappa shape index (κ3) is 4.96. The van der Waals surface area contributed by atoms with Gasteiger partial charge in [0, 0.05) is 17.6 Å². The molecule has 41 heavy (non-hydrogen) atoms. The highest BCUT2D eigenvalue weighted by Crippen LogP contribution is 2.52. The summed E-state index contributed by atoms with van der Waals surface area (Å²) >= 11 is 6.52. The quantitative estimate of drug-likeness (QED) is 0.185. The van der Waals surface area contributed by atoms with Gasteiger partial charge in [0.05, 0.1) is 22.7 Å². The van der Waals surface area contributed by atoms with Crippen molar-refractivity contribution in [2.45, 2.75) is 25.7 Å². The predicted molar refractivity (Wildman–Crippen MR) is 171 cm³/mol. The third-order valence-corrected chi connectivity index (χ3v) is 9.09. The minimum Gasteiger partial charge on any atom is -0.481 e. The van der Waals surface area contributed by atoms with Gasteiger partial charge in [0.1, 0.15) is 4.32 Å². The lowest BCUT2D eigenvalue weighted by molar-refractivity contribution is -0.137. The van der Waals surface area contributed by atoms with E-state index in [1.54, 1.807) is 0 Å². The Morgan fingerprint density at radius 2 is 1.54 bits per heavy atom. The molecular formula is C34H28N2O3S2. The van der Waals surface area contributed by atoms with Gasteiger partial charge in [0.25, 0.3) is 5.91 Å². The van der Waals surface area contributed by atoms with Crippen LogP contribution >= 0.6 is 24.0 Å². The van der Waals surface area contributed by atoms with Gasteiger partial charge in [-0.25, -0.2) is 0 Å². The van der Waals surface area contributed by atoms with Crippen LogP contribution in [0.5, 0.6) is 0 Å². The van der Waals surface area contributed by atoms with E-state index < -0.39 is 5.97 Å². The van der Waals surface area contributed by atoms with Crippen LogP contribution in [0.3, 0.4) is 0 Å². The molecule has 1 amide bonds. The number of hydrogen-bond donors (Lipinski definition) is 1. The predicted octanol–water partition coefficient (Wildman–Crippen LogP) is 8.14. The van der Waals surface area contributed by atoms with Crippen molar-refractivity contribution in [1.82, 2.24) is 4.90 Å². The number of fused-ring (bicyclic) bond motifs is 2. The first-order valence-electron chi connectivity index (χ1n) is 13.4. The van der Waals surface area contributed by atoms with Crippen molar-refractivity contribution in [1.29, 1.82) is 0 Å².